The zero-order valence-corrected chi connectivity index (χ0v) is 9.79. The molecule has 0 radical (unpaired) electrons. The van der Waals surface area contributed by atoms with E-state index in [1.165, 1.54) is 37.1 Å². The van der Waals surface area contributed by atoms with Crippen LogP contribution >= 0.6 is 0 Å². The highest BCUT2D eigenvalue weighted by atomic mass is 15.1. The van der Waals surface area contributed by atoms with E-state index in [1.54, 1.807) is 0 Å². The largest absolute Gasteiger partial charge is 0.333 e. The normalized spacial score (nSPS) is 15.7. The quantitative estimate of drug-likeness (QED) is 0.815. The number of imidazole rings is 1. The Morgan fingerprint density at radius 1 is 1.40 bits per heavy atom. The first-order chi connectivity index (χ1) is 7.27. The minimum Gasteiger partial charge on any atom is -0.333 e. The summed E-state index contributed by atoms with van der Waals surface area (Å²) in [6.45, 7) is 6.47. The summed E-state index contributed by atoms with van der Waals surface area (Å²) in [5, 5.41) is 3.44. The highest BCUT2D eigenvalue weighted by Crippen LogP contribution is 2.19. The Hall–Kier alpha value is -0.830. The van der Waals surface area contributed by atoms with Crippen molar-refractivity contribution in [2.75, 3.05) is 6.54 Å². The van der Waals surface area contributed by atoms with E-state index < -0.39 is 0 Å². The number of hydrogen-bond acceptors (Lipinski definition) is 2. The second-order valence-corrected chi connectivity index (χ2v) is 4.65. The fourth-order valence-corrected chi connectivity index (χ4v) is 2.20. The number of rotatable bonds is 4. The van der Waals surface area contributed by atoms with E-state index in [0.717, 1.165) is 13.1 Å². The summed E-state index contributed by atoms with van der Waals surface area (Å²) >= 11 is 0. The molecule has 1 aliphatic carbocycles. The van der Waals surface area contributed by atoms with Gasteiger partial charge in [0.1, 0.15) is 0 Å². The van der Waals surface area contributed by atoms with E-state index in [1.807, 2.05) is 6.33 Å². The highest BCUT2D eigenvalue weighted by molar-refractivity contribution is 5.16. The molecule has 0 spiro atoms. The Balaban J connectivity index is 1.94. The molecule has 0 atom stereocenters. The summed E-state index contributed by atoms with van der Waals surface area (Å²) in [5.41, 5.74) is 2.82. The molecule has 1 aliphatic rings. The minimum absolute atomic E-state index is 0.573. The standard InChI is InChI=1S/C12H21N3/c1-10(2)13-7-8-15-9-14-11-5-3-4-6-12(11)15/h9-10,13H,3-8H2,1-2H3. The Labute approximate surface area is 91.9 Å². The van der Waals surface area contributed by atoms with Gasteiger partial charge in [-0.1, -0.05) is 13.8 Å². The van der Waals surface area contributed by atoms with Crippen molar-refractivity contribution in [2.45, 2.75) is 52.1 Å². The van der Waals surface area contributed by atoms with Crippen LogP contribution in [0.25, 0.3) is 0 Å². The van der Waals surface area contributed by atoms with E-state index in [0.29, 0.717) is 6.04 Å². The van der Waals surface area contributed by atoms with Gasteiger partial charge in [0.2, 0.25) is 0 Å². The van der Waals surface area contributed by atoms with Crippen molar-refractivity contribution in [3.8, 4) is 0 Å². The number of aryl methyl sites for hydroxylation is 1. The van der Waals surface area contributed by atoms with Gasteiger partial charge in [0.25, 0.3) is 0 Å². The topological polar surface area (TPSA) is 29.9 Å². The van der Waals surface area contributed by atoms with E-state index in [2.05, 4.69) is 28.7 Å². The van der Waals surface area contributed by atoms with E-state index in [9.17, 15) is 0 Å². The highest BCUT2D eigenvalue weighted by Gasteiger charge is 2.14. The lowest BCUT2D eigenvalue weighted by molar-refractivity contribution is 0.525. The maximum absolute atomic E-state index is 4.49. The molecule has 0 aromatic carbocycles. The Kier molecular flexibility index (Phi) is 3.41. The molecule has 0 bridgehead atoms. The van der Waals surface area contributed by atoms with Crippen molar-refractivity contribution >= 4 is 0 Å². The first-order valence-electron chi connectivity index (χ1n) is 6.03. The molecule has 0 unspecified atom stereocenters. The molecule has 1 aromatic heterocycles. The van der Waals surface area contributed by atoms with Gasteiger partial charge in [-0.05, 0) is 25.7 Å². The third-order valence-corrected chi connectivity index (χ3v) is 3.02. The zero-order chi connectivity index (χ0) is 10.7. The van der Waals surface area contributed by atoms with E-state index in [4.69, 9.17) is 0 Å². The molecule has 84 valence electrons. The van der Waals surface area contributed by atoms with Gasteiger partial charge in [-0.25, -0.2) is 4.98 Å². The molecule has 1 aromatic rings. The predicted octanol–water partition coefficient (Wildman–Crippen LogP) is 1.76. The van der Waals surface area contributed by atoms with Crippen LogP contribution in [0, 0.1) is 0 Å². The SMILES string of the molecule is CC(C)NCCn1cnc2c1CCCC2. The number of nitrogens with one attached hydrogen (secondary N) is 1. The number of nitrogens with zero attached hydrogens (tertiary/aromatic N) is 2. The summed E-state index contributed by atoms with van der Waals surface area (Å²) in [5.74, 6) is 0. The molecule has 0 amide bonds. The lowest BCUT2D eigenvalue weighted by atomic mass is 10.0. The maximum atomic E-state index is 4.49. The van der Waals surface area contributed by atoms with Crippen molar-refractivity contribution in [2.24, 2.45) is 0 Å². The maximum Gasteiger partial charge on any atom is 0.0952 e. The first kappa shape index (κ1) is 10.7. The second kappa shape index (κ2) is 4.79. The third kappa shape index (κ3) is 2.59. The van der Waals surface area contributed by atoms with Gasteiger partial charge in [-0.15, -0.1) is 0 Å². The van der Waals surface area contributed by atoms with E-state index in [-0.39, 0.29) is 0 Å². The monoisotopic (exact) mass is 207 g/mol. The van der Waals surface area contributed by atoms with Crippen LogP contribution in [0.2, 0.25) is 0 Å². The Bertz CT molecular complexity index is 315. The molecule has 15 heavy (non-hydrogen) atoms. The van der Waals surface area contributed by atoms with Gasteiger partial charge >= 0.3 is 0 Å². The fraction of sp³-hybridized carbons (Fsp3) is 0.750. The second-order valence-electron chi connectivity index (χ2n) is 4.65. The Morgan fingerprint density at radius 2 is 2.20 bits per heavy atom. The van der Waals surface area contributed by atoms with Crippen LogP contribution in [-0.2, 0) is 19.4 Å². The van der Waals surface area contributed by atoms with Gasteiger partial charge in [0.05, 0.1) is 12.0 Å². The number of fused-ring (bicyclic) bond motifs is 1. The average molecular weight is 207 g/mol. The lowest BCUT2D eigenvalue weighted by Gasteiger charge is -2.15. The number of aromatic nitrogens is 2. The predicted molar refractivity (Wildman–Crippen MR) is 62.0 cm³/mol. The summed E-state index contributed by atoms with van der Waals surface area (Å²) in [4.78, 5) is 4.49. The molecule has 3 nitrogen and oxygen atoms in total. The molecule has 1 N–H and O–H groups in total. The van der Waals surface area contributed by atoms with Gasteiger partial charge in [-0.3, -0.25) is 0 Å². The van der Waals surface area contributed by atoms with Crippen LogP contribution in [0.1, 0.15) is 38.1 Å². The summed E-state index contributed by atoms with van der Waals surface area (Å²) < 4.78 is 2.32. The molecule has 0 saturated heterocycles. The average Bonchev–Trinajstić information content (AvgIpc) is 2.62. The van der Waals surface area contributed by atoms with Gasteiger partial charge < -0.3 is 9.88 Å². The Morgan fingerprint density at radius 3 is 3.00 bits per heavy atom. The molecular weight excluding hydrogens is 186 g/mol. The molecule has 1 heterocycles. The summed E-state index contributed by atoms with van der Waals surface area (Å²) in [7, 11) is 0. The smallest absolute Gasteiger partial charge is 0.0952 e. The molecular formula is C12H21N3. The van der Waals surface area contributed by atoms with Crippen molar-refractivity contribution in [1.29, 1.82) is 0 Å². The van der Waals surface area contributed by atoms with Crippen LogP contribution < -0.4 is 5.32 Å². The van der Waals surface area contributed by atoms with Gasteiger partial charge in [0, 0.05) is 24.8 Å². The van der Waals surface area contributed by atoms with Gasteiger partial charge in [0.15, 0.2) is 0 Å². The van der Waals surface area contributed by atoms with Crippen LogP contribution in [0.3, 0.4) is 0 Å². The van der Waals surface area contributed by atoms with E-state index >= 15 is 0 Å². The van der Waals surface area contributed by atoms with Crippen molar-refractivity contribution in [1.82, 2.24) is 14.9 Å². The molecule has 2 rings (SSSR count). The van der Waals surface area contributed by atoms with Crippen LogP contribution in [0.4, 0.5) is 0 Å². The number of hydrogen-bond donors (Lipinski definition) is 1. The van der Waals surface area contributed by atoms with Crippen LogP contribution in [0.5, 0.6) is 0 Å². The molecule has 0 saturated carbocycles. The van der Waals surface area contributed by atoms with Crippen molar-refractivity contribution in [3.05, 3.63) is 17.7 Å². The summed E-state index contributed by atoms with van der Waals surface area (Å²) in [6.07, 6.45) is 7.06. The van der Waals surface area contributed by atoms with Crippen LogP contribution in [0.15, 0.2) is 6.33 Å². The molecule has 0 aliphatic heterocycles. The molecule has 0 fully saturated rings. The van der Waals surface area contributed by atoms with Crippen molar-refractivity contribution < 1.29 is 0 Å². The lowest BCUT2D eigenvalue weighted by Crippen LogP contribution is -2.27. The molecule has 3 heteroatoms. The van der Waals surface area contributed by atoms with Gasteiger partial charge in [-0.2, -0.15) is 0 Å². The zero-order valence-electron chi connectivity index (χ0n) is 9.79. The summed E-state index contributed by atoms with van der Waals surface area (Å²) in [6, 6.07) is 0.573. The van der Waals surface area contributed by atoms with Crippen molar-refractivity contribution in [3.63, 3.8) is 0 Å². The minimum atomic E-state index is 0.573. The first-order valence-corrected chi connectivity index (χ1v) is 6.03. The van der Waals surface area contributed by atoms with Crippen LogP contribution in [-0.4, -0.2) is 22.1 Å². The fourth-order valence-electron chi connectivity index (χ4n) is 2.20. The third-order valence-electron chi connectivity index (χ3n) is 3.02.